The number of ether oxygens (including phenoxy) is 1. The number of esters is 1. The molecule has 1 rings (SSSR count). The Hall–Kier alpha value is -0.790. The van der Waals surface area contributed by atoms with E-state index in [1.165, 1.54) is 25.7 Å². The summed E-state index contributed by atoms with van der Waals surface area (Å²) in [6, 6.07) is 0. The van der Waals surface area contributed by atoms with E-state index in [9.17, 15) is 4.79 Å². The van der Waals surface area contributed by atoms with Crippen molar-refractivity contribution in [1.29, 1.82) is 0 Å². The summed E-state index contributed by atoms with van der Waals surface area (Å²) >= 11 is 0. The van der Waals surface area contributed by atoms with E-state index in [1.807, 2.05) is 13.8 Å². The molecule has 0 aromatic rings. The van der Waals surface area contributed by atoms with Crippen molar-refractivity contribution < 1.29 is 9.53 Å². The molecular weight excluding hydrogens is 224 g/mol. The number of hydrogen-bond donors (Lipinski definition) is 0. The van der Waals surface area contributed by atoms with Gasteiger partial charge in [-0.15, -0.1) is 0 Å². The molecule has 0 bridgehead atoms. The summed E-state index contributed by atoms with van der Waals surface area (Å²) in [4.78, 5) is 11.5. The van der Waals surface area contributed by atoms with Crippen molar-refractivity contribution in [2.45, 2.75) is 60.3 Å². The lowest BCUT2D eigenvalue weighted by Crippen LogP contribution is -2.25. The van der Waals surface area contributed by atoms with Crippen LogP contribution in [-0.4, -0.2) is 12.6 Å². The lowest BCUT2D eigenvalue weighted by molar-refractivity contribution is -0.138. The average Bonchev–Trinajstić information content (AvgIpc) is 2.28. The molecule has 0 amide bonds. The number of carbonyl (C=O) groups is 1. The Morgan fingerprint density at radius 1 is 1.22 bits per heavy atom. The molecule has 1 fully saturated rings. The van der Waals surface area contributed by atoms with E-state index < -0.39 is 0 Å². The highest BCUT2D eigenvalue weighted by atomic mass is 16.5. The molecule has 0 saturated heterocycles. The monoisotopic (exact) mass is 252 g/mol. The highest BCUT2D eigenvalue weighted by Gasteiger charge is 2.29. The fourth-order valence-electron chi connectivity index (χ4n) is 2.82. The first-order valence-electron chi connectivity index (χ1n) is 7.20. The Morgan fingerprint density at radius 2 is 1.78 bits per heavy atom. The van der Waals surface area contributed by atoms with Crippen LogP contribution >= 0.6 is 0 Å². The molecule has 0 heterocycles. The molecule has 0 radical (unpaired) electrons. The standard InChI is InChI=1S/C16H28O2/c1-6-18-15(17)12(2)11-13-7-9-14(10-8-13)16(3,4)5/h11,13-14H,6-10H2,1-5H3. The molecule has 104 valence electrons. The predicted molar refractivity (Wildman–Crippen MR) is 75.3 cm³/mol. The van der Waals surface area contributed by atoms with Crippen LogP contribution in [-0.2, 0) is 9.53 Å². The summed E-state index contributed by atoms with van der Waals surface area (Å²) in [5.41, 5.74) is 1.20. The topological polar surface area (TPSA) is 26.3 Å². The highest BCUT2D eigenvalue weighted by molar-refractivity contribution is 5.87. The van der Waals surface area contributed by atoms with Crippen molar-refractivity contribution in [1.82, 2.24) is 0 Å². The third-order valence-corrected chi connectivity index (χ3v) is 4.08. The number of hydrogen-bond acceptors (Lipinski definition) is 2. The summed E-state index contributed by atoms with van der Waals surface area (Å²) in [6.07, 6.45) is 7.09. The van der Waals surface area contributed by atoms with Gasteiger partial charge in [-0.25, -0.2) is 4.79 Å². The molecule has 1 aliphatic rings. The Bertz CT molecular complexity index is 302. The highest BCUT2D eigenvalue weighted by Crippen LogP contribution is 2.40. The van der Waals surface area contributed by atoms with Crippen molar-refractivity contribution in [2.75, 3.05) is 6.61 Å². The fraction of sp³-hybridized carbons (Fsp3) is 0.812. The van der Waals surface area contributed by atoms with Gasteiger partial charge in [0.25, 0.3) is 0 Å². The third-order valence-electron chi connectivity index (χ3n) is 4.08. The Kier molecular flexibility index (Phi) is 5.43. The zero-order chi connectivity index (χ0) is 13.8. The summed E-state index contributed by atoms with van der Waals surface area (Å²) in [5, 5.41) is 0. The average molecular weight is 252 g/mol. The van der Waals surface area contributed by atoms with Gasteiger partial charge in [-0.05, 0) is 56.8 Å². The first-order chi connectivity index (χ1) is 8.34. The Balaban J connectivity index is 2.48. The number of carbonyl (C=O) groups excluding carboxylic acids is 1. The molecule has 1 saturated carbocycles. The van der Waals surface area contributed by atoms with E-state index in [2.05, 4.69) is 26.8 Å². The molecule has 2 nitrogen and oxygen atoms in total. The Labute approximate surface area is 112 Å². The van der Waals surface area contributed by atoms with Crippen molar-refractivity contribution >= 4 is 5.97 Å². The van der Waals surface area contributed by atoms with Gasteiger partial charge >= 0.3 is 5.97 Å². The van der Waals surface area contributed by atoms with E-state index in [-0.39, 0.29) is 5.97 Å². The van der Waals surface area contributed by atoms with Crippen LogP contribution < -0.4 is 0 Å². The molecule has 0 aliphatic heterocycles. The summed E-state index contributed by atoms with van der Waals surface area (Å²) in [5.74, 6) is 1.23. The maximum Gasteiger partial charge on any atom is 0.333 e. The minimum Gasteiger partial charge on any atom is -0.463 e. The van der Waals surface area contributed by atoms with E-state index in [0.29, 0.717) is 17.9 Å². The minimum absolute atomic E-state index is 0.157. The van der Waals surface area contributed by atoms with E-state index in [1.54, 1.807) is 0 Å². The van der Waals surface area contributed by atoms with Gasteiger partial charge in [0.15, 0.2) is 0 Å². The second kappa shape index (κ2) is 6.40. The normalized spacial score (nSPS) is 25.9. The van der Waals surface area contributed by atoms with Gasteiger partial charge < -0.3 is 4.74 Å². The zero-order valence-corrected chi connectivity index (χ0v) is 12.6. The van der Waals surface area contributed by atoms with Gasteiger partial charge in [0.05, 0.1) is 6.61 Å². The number of allylic oxidation sites excluding steroid dienone is 1. The second-order valence-electron chi connectivity index (χ2n) is 6.55. The molecule has 18 heavy (non-hydrogen) atoms. The SMILES string of the molecule is CCOC(=O)C(C)=CC1CCC(C(C)(C)C)CC1. The van der Waals surface area contributed by atoms with Gasteiger partial charge in [0.2, 0.25) is 0 Å². The fourth-order valence-corrected chi connectivity index (χ4v) is 2.82. The van der Waals surface area contributed by atoms with Gasteiger partial charge in [-0.1, -0.05) is 26.8 Å². The first kappa shape index (κ1) is 15.3. The molecule has 0 N–H and O–H groups in total. The van der Waals surface area contributed by atoms with Crippen LogP contribution in [0.25, 0.3) is 0 Å². The smallest absolute Gasteiger partial charge is 0.333 e. The zero-order valence-electron chi connectivity index (χ0n) is 12.6. The van der Waals surface area contributed by atoms with E-state index in [4.69, 9.17) is 4.74 Å². The maximum atomic E-state index is 11.5. The van der Waals surface area contributed by atoms with E-state index in [0.717, 1.165) is 11.5 Å². The summed E-state index contributed by atoms with van der Waals surface area (Å²) in [6.45, 7) is 11.2. The van der Waals surface area contributed by atoms with Crippen LogP contribution in [0.15, 0.2) is 11.6 Å². The predicted octanol–water partition coefficient (Wildman–Crippen LogP) is 4.35. The molecule has 0 atom stereocenters. The Morgan fingerprint density at radius 3 is 2.22 bits per heavy atom. The van der Waals surface area contributed by atoms with Crippen molar-refractivity contribution in [3.05, 3.63) is 11.6 Å². The van der Waals surface area contributed by atoms with Crippen LogP contribution in [0.4, 0.5) is 0 Å². The van der Waals surface area contributed by atoms with Gasteiger partial charge in [-0.3, -0.25) is 0 Å². The second-order valence-corrected chi connectivity index (χ2v) is 6.55. The maximum absolute atomic E-state index is 11.5. The summed E-state index contributed by atoms with van der Waals surface area (Å²) in [7, 11) is 0. The minimum atomic E-state index is -0.157. The van der Waals surface area contributed by atoms with Crippen LogP contribution in [0.3, 0.4) is 0 Å². The number of rotatable bonds is 3. The van der Waals surface area contributed by atoms with Gasteiger partial charge in [0, 0.05) is 5.57 Å². The van der Waals surface area contributed by atoms with Crippen LogP contribution in [0.5, 0.6) is 0 Å². The lowest BCUT2D eigenvalue weighted by Gasteiger charge is -2.36. The van der Waals surface area contributed by atoms with Gasteiger partial charge in [-0.2, -0.15) is 0 Å². The van der Waals surface area contributed by atoms with Crippen LogP contribution in [0.2, 0.25) is 0 Å². The summed E-state index contributed by atoms with van der Waals surface area (Å²) < 4.78 is 5.01. The van der Waals surface area contributed by atoms with Crippen molar-refractivity contribution in [3.63, 3.8) is 0 Å². The quantitative estimate of drug-likeness (QED) is 0.551. The van der Waals surface area contributed by atoms with Crippen molar-refractivity contribution in [2.24, 2.45) is 17.3 Å². The molecule has 1 aliphatic carbocycles. The molecule has 0 aromatic carbocycles. The first-order valence-corrected chi connectivity index (χ1v) is 7.20. The molecule has 0 aromatic heterocycles. The van der Waals surface area contributed by atoms with Gasteiger partial charge in [0.1, 0.15) is 0 Å². The van der Waals surface area contributed by atoms with Crippen molar-refractivity contribution in [3.8, 4) is 0 Å². The van der Waals surface area contributed by atoms with Crippen LogP contribution in [0.1, 0.15) is 60.3 Å². The molecular formula is C16H28O2. The molecule has 0 unspecified atom stereocenters. The molecule has 2 heteroatoms. The van der Waals surface area contributed by atoms with Crippen LogP contribution in [0, 0.1) is 17.3 Å². The molecule has 0 spiro atoms. The lowest BCUT2D eigenvalue weighted by atomic mass is 9.69. The largest absolute Gasteiger partial charge is 0.463 e. The third kappa shape index (κ3) is 4.47. The van der Waals surface area contributed by atoms with E-state index >= 15 is 0 Å².